The van der Waals surface area contributed by atoms with E-state index in [9.17, 15) is 0 Å². The molecule has 1 aliphatic heterocycles. The van der Waals surface area contributed by atoms with E-state index >= 15 is 0 Å². The summed E-state index contributed by atoms with van der Waals surface area (Å²) in [6, 6.07) is 15.6. The number of hydrogen-bond donors (Lipinski definition) is 0. The molecule has 3 aromatic rings. The Bertz CT molecular complexity index is 817. The summed E-state index contributed by atoms with van der Waals surface area (Å²) in [4.78, 5) is 4.64. The lowest BCUT2D eigenvalue weighted by Gasteiger charge is -2.07. The highest BCUT2D eigenvalue weighted by Crippen LogP contribution is 2.37. The molecule has 0 atom stereocenters. The van der Waals surface area contributed by atoms with Crippen molar-refractivity contribution in [2.24, 2.45) is 0 Å². The first-order valence-electron chi connectivity index (χ1n) is 6.26. The van der Waals surface area contributed by atoms with Gasteiger partial charge < -0.3 is 9.47 Å². The average Bonchev–Trinajstić information content (AvgIpc) is 2.94. The van der Waals surface area contributed by atoms with Gasteiger partial charge in [-0.1, -0.05) is 29.8 Å². The molecule has 1 aromatic heterocycles. The largest absolute Gasteiger partial charge is 0.454 e. The molecule has 3 nitrogen and oxygen atoms in total. The van der Waals surface area contributed by atoms with Gasteiger partial charge in [-0.3, -0.25) is 0 Å². The maximum absolute atomic E-state index is 6.35. The first-order chi connectivity index (χ1) is 9.81. The van der Waals surface area contributed by atoms with Crippen LogP contribution in [0.3, 0.4) is 0 Å². The predicted molar refractivity (Wildman–Crippen MR) is 78.3 cm³/mol. The fourth-order valence-corrected chi connectivity index (χ4v) is 2.61. The van der Waals surface area contributed by atoms with Crippen molar-refractivity contribution in [1.82, 2.24) is 4.98 Å². The van der Waals surface area contributed by atoms with E-state index < -0.39 is 0 Å². The number of nitrogens with zero attached hydrogens (tertiary/aromatic N) is 1. The van der Waals surface area contributed by atoms with Crippen molar-refractivity contribution in [1.29, 1.82) is 0 Å². The molecule has 0 N–H and O–H groups in total. The van der Waals surface area contributed by atoms with Crippen LogP contribution in [-0.4, -0.2) is 11.8 Å². The van der Waals surface area contributed by atoms with Crippen molar-refractivity contribution in [3.8, 4) is 22.8 Å². The Kier molecular flexibility index (Phi) is 2.54. The van der Waals surface area contributed by atoms with Crippen molar-refractivity contribution >= 4 is 22.5 Å². The third-order valence-electron chi connectivity index (χ3n) is 3.32. The van der Waals surface area contributed by atoms with E-state index in [0.29, 0.717) is 5.02 Å². The first kappa shape index (κ1) is 11.6. The van der Waals surface area contributed by atoms with Crippen LogP contribution in [0.5, 0.6) is 11.5 Å². The maximum atomic E-state index is 6.35. The molecule has 0 bridgehead atoms. The van der Waals surface area contributed by atoms with Gasteiger partial charge in [-0.15, -0.1) is 0 Å². The van der Waals surface area contributed by atoms with E-state index in [1.807, 2.05) is 48.5 Å². The van der Waals surface area contributed by atoms with Crippen molar-refractivity contribution in [2.75, 3.05) is 6.79 Å². The standard InChI is InChI=1S/C16H10ClNO2/c17-12-7-10-3-1-2-4-13(10)18-16(12)11-5-6-14-15(8-11)20-9-19-14/h1-8H,9H2. The molecule has 20 heavy (non-hydrogen) atoms. The summed E-state index contributed by atoms with van der Waals surface area (Å²) in [5.41, 5.74) is 2.60. The Hall–Kier alpha value is -2.26. The minimum absolute atomic E-state index is 0.262. The molecule has 1 aliphatic rings. The summed E-state index contributed by atoms with van der Waals surface area (Å²) >= 11 is 6.35. The number of ether oxygens (including phenoxy) is 2. The molecule has 0 unspecified atom stereocenters. The molecule has 4 rings (SSSR count). The number of fused-ring (bicyclic) bond motifs is 2. The number of aromatic nitrogens is 1. The summed E-state index contributed by atoms with van der Waals surface area (Å²) in [6.07, 6.45) is 0. The molecule has 0 spiro atoms. The van der Waals surface area contributed by atoms with Crippen LogP contribution in [-0.2, 0) is 0 Å². The second-order valence-corrected chi connectivity index (χ2v) is 4.99. The van der Waals surface area contributed by atoms with Crippen molar-refractivity contribution in [2.45, 2.75) is 0 Å². The van der Waals surface area contributed by atoms with E-state index in [2.05, 4.69) is 4.98 Å². The lowest BCUT2D eigenvalue weighted by atomic mass is 10.1. The summed E-state index contributed by atoms with van der Waals surface area (Å²) < 4.78 is 10.7. The third kappa shape index (κ3) is 1.79. The topological polar surface area (TPSA) is 31.4 Å². The summed E-state index contributed by atoms with van der Waals surface area (Å²) in [6.45, 7) is 0.262. The Balaban J connectivity index is 1.91. The zero-order valence-corrected chi connectivity index (χ0v) is 11.2. The van der Waals surface area contributed by atoms with Crippen LogP contribution in [0.15, 0.2) is 48.5 Å². The fourth-order valence-electron chi connectivity index (χ4n) is 2.34. The number of pyridine rings is 1. The van der Waals surface area contributed by atoms with Crippen molar-refractivity contribution in [3.63, 3.8) is 0 Å². The second kappa shape index (κ2) is 4.39. The van der Waals surface area contributed by atoms with E-state index in [1.165, 1.54) is 0 Å². The lowest BCUT2D eigenvalue weighted by molar-refractivity contribution is 0.174. The molecule has 0 saturated heterocycles. The van der Waals surface area contributed by atoms with E-state index in [-0.39, 0.29) is 6.79 Å². The van der Waals surface area contributed by atoms with Crippen LogP contribution >= 0.6 is 11.6 Å². The summed E-state index contributed by atoms with van der Waals surface area (Å²) in [5, 5.41) is 1.66. The number of halogens is 1. The zero-order valence-electron chi connectivity index (χ0n) is 10.5. The van der Waals surface area contributed by atoms with Gasteiger partial charge in [0.25, 0.3) is 0 Å². The van der Waals surface area contributed by atoms with Crippen LogP contribution in [0, 0.1) is 0 Å². The van der Waals surface area contributed by atoms with Crippen LogP contribution in [0.2, 0.25) is 5.02 Å². The third-order valence-corrected chi connectivity index (χ3v) is 3.61. The number of benzene rings is 2. The fraction of sp³-hybridized carbons (Fsp3) is 0.0625. The molecular formula is C16H10ClNO2. The first-order valence-corrected chi connectivity index (χ1v) is 6.64. The highest BCUT2D eigenvalue weighted by Gasteiger charge is 2.16. The second-order valence-electron chi connectivity index (χ2n) is 4.58. The van der Waals surface area contributed by atoms with Gasteiger partial charge in [0.1, 0.15) is 0 Å². The molecule has 0 aliphatic carbocycles. The molecule has 2 aromatic carbocycles. The lowest BCUT2D eigenvalue weighted by Crippen LogP contribution is -1.92. The number of rotatable bonds is 1. The Morgan fingerprint density at radius 1 is 0.950 bits per heavy atom. The Morgan fingerprint density at radius 2 is 1.80 bits per heavy atom. The van der Waals surface area contributed by atoms with E-state index in [1.54, 1.807) is 0 Å². The van der Waals surface area contributed by atoms with Crippen molar-refractivity contribution < 1.29 is 9.47 Å². The van der Waals surface area contributed by atoms with Gasteiger partial charge in [0.15, 0.2) is 11.5 Å². The molecular weight excluding hydrogens is 274 g/mol. The summed E-state index contributed by atoms with van der Waals surface area (Å²) in [5.74, 6) is 1.49. The van der Waals surface area contributed by atoms with Crippen LogP contribution < -0.4 is 9.47 Å². The summed E-state index contributed by atoms with van der Waals surface area (Å²) in [7, 11) is 0. The molecule has 98 valence electrons. The van der Waals surface area contributed by atoms with Crippen LogP contribution in [0.25, 0.3) is 22.2 Å². The molecule has 0 amide bonds. The Labute approximate surface area is 120 Å². The maximum Gasteiger partial charge on any atom is 0.231 e. The van der Waals surface area contributed by atoms with Crippen LogP contribution in [0.1, 0.15) is 0 Å². The zero-order chi connectivity index (χ0) is 13.5. The number of hydrogen-bond acceptors (Lipinski definition) is 3. The van der Waals surface area contributed by atoms with Gasteiger partial charge in [0.2, 0.25) is 6.79 Å². The molecule has 0 radical (unpaired) electrons. The van der Waals surface area contributed by atoms with Crippen molar-refractivity contribution in [3.05, 3.63) is 53.6 Å². The van der Waals surface area contributed by atoms with Crippen LogP contribution in [0.4, 0.5) is 0 Å². The van der Waals surface area contributed by atoms with Gasteiger partial charge in [0, 0.05) is 10.9 Å². The average molecular weight is 284 g/mol. The van der Waals surface area contributed by atoms with E-state index in [4.69, 9.17) is 21.1 Å². The highest BCUT2D eigenvalue weighted by atomic mass is 35.5. The monoisotopic (exact) mass is 283 g/mol. The molecule has 2 heterocycles. The molecule has 4 heteroatoms. The quantitative estimate of drug-likeness (QED) is 0.668. The van der Waals surface area contributed by atoms with Gasteiger partial charge in [-0.25, -0.2) is 4.98 Å². The van der Waals surface area contributed by atoms with Gasteiger partial charge in [0.05, 0.1) is 16.2 Å². The van der Waals surface area contributed by atoms with Gasteiger partial charge in [-0.05, 0) is 30.3 Å². The Morgan fingerprint density at radius 3 is 2.75 bits per heavy atom. The minimum Gasteiger partial charge on any atom is -0.454 e. The van der Waals surface area contributed by atoms with Gasteiger partial charge in [-0.2, -0.15) is 0 Å². The van der Waals surface area contributed by atoms with E-state index in [0.717, 1.165) is 33.7 Å². The smallest absolute Gasteiger partial charge is 0.231 e. The highest BCUT2D eigenvalue weighted by molar-refractivity contribution is 6.33. The van der Waals surface area contributed by atoms with Gasteiger partial charge >= 0.3 is 0 Å². The predicted octanol–water partition coefficient (Wildman–Crippen LogP) is 4.28. The SMILES string of the molecule is Clc1cc2ccccc2nc1-c1ccc2c(c1)OCO2. The molecule has 0 saturated carbocycles. The number of para-hydroxylation sites is 1. The molecule has 0 fully saturated rings. The normalized spacial score (nSPS) is 12.8. The minimum atomic E-state index is 0.262.